The molecule has 2 aliphatic heterocycles. The minimum absolute atomic E-state index is 0.0275. The highest BCUT2D eigenvalue weighted by Gasteiger charge is 2.14. The van der Waals surface area contributed by atoms with E-state index in [-0.39, 0.29) is 12.7 Å². The average Bonchev–Trinajstić information content (AvgIpc) is 3.17. The number of hydrogen-bond acceptors (Lipinski definition) is 4. The third-order valence-electron chi connectivity index (χ3n) is 5.21. The van der Waals surface area contributed by atoms with Gasteiger partial charge in [0, 0.05) is 18.7 Å². The third-order valence-corrected chi connectivity index (χ3v) is 5.21. The molecule has 1 amide bonds. The standard InChI is InChI=1S/C22H26N2O3/c25-22(23-11-10-17-6-9-20-21(14-17)27-16-26-20)19-7-4-18(5-8-19)15-24-12-2-1-3-13-24/h4-9,14H,1-3,10-13,15-16H2,(H,23,25). The Morgan fingerprint density at radius 2 is 1.67 bits per heavy atom. The molecule has 142 valence electrons. The van der Waals surface area contributed by atoms with Crippen molar-refractivity contribution >= 4 is 5.91 Å². The highest BCUT2D eigenvalue weighted by Crippen LogP contribution is 2.32. The number of nitrogens with zero attached hydrogens (tertiary/aromatic N) is 1. The number of carbonyl (C=O) groups is 1. The number of rotatable bonds is 6. The zero-order chi connectivity index (χ0) is 18.5. The molecule has 2 heterocycles. The summed E-state index contributed by atoms with van der Waals surface area (Å²) in [6.45, 7) is 4.22. The molecule has 2 aromatic rings. The lowest BCUT2D eigenvalue weighted by molar-refractivity contribution is 0.0954. The van der Waals surface area contributed by atoms with E-state index in [1.54, 1.807) is 0 Å². The molecule has 5 nitrogen and oxygen atoms in total. The lowest BCUT2D eigenvalue weighted by Crippen LogP contribution is -2.29. The molecular formula is C22H26N2O3. The zero-order valence-corrected chi connectivity index (χ0v) is 15.6. The Morgan fingerprint density at radius 1 is 0.926 bits per heavy atom. The molecule has 0 saturated carbocycles. The van der Waals surface area contributed by atoms with Crippen LogP contribution in [0.3, 0.4) is 0 Å². The molecule has 0 unspecified atom stereocenters. The quantitative estimate of drug-likeness (QED) is 0.852. The predicted molar refractivity (Wildman–Crippen MR) is 104 cm³/mol. The van der Waals surface area contributed by atoms with Crippen LogP contribution in [0, 0.1) is 0 Å². The summed E-state index contributed by atoms with van der Waals surface area (Å²) in [5.74, 6) is 1.54. The number of likely N-dealkylation sites (tertiary alicyclic amines) is 1. The molecule has 2 aliphatic rings. The summed E-state index contributed by atoms with van der Waals surface area (Å²) in [6.07, 6.45) is 4.70. The van der Waals surface area contributed by atoms with Crippen LogP contribution in [0.4, 0.5) is 0 Å². The average molecular weight is 366 g/mol. The van der Waals surface area contributed by atoms with Gasteiger partial charge in [0.15, 0.2) is 11.5 Å². The molecule has 1 fully saturated rings. The smallest absolute Gasteiger partial charge is 0.251 e. The van der Waals surface area contributed by atoms with Gasteiger partial charge in [0.2, 0.25) is 6.79 Å². The Labute approximate surface area is 160 Å². The van der Waals surface area contributed by atoms with Crippen molar-refractivity contribution in [3.63, 3.8) is 0 Å². The molecule has 0 atom stereocenters. The Kier molecular flexibility index (Phi) is 5.58. The summed E-state index contributed by atoms with van der Waals surface area (Å²) in [4.78, 5) is 14.8. The molecule has 2 aromatic carbocycles. The van der Waals surface area contributed by atoms with Crippen molar-refractivity contribution in [2.75, 3.05) is 26.4 Å². The lowest BCUT2D eigenvalue weighted by Gasteiger charge is -2.26. The molecule has 5 heteroatoms. The number of nitrogens with one attached hydrogen (secondary N) is 1. The highest BCUT2D eigenvalue weighted by atomic mass is 16.7. The second kappa shape index (κ2) is 8.44. The minimum atomic E-state index is -0.0275. The van der Waals surface area contributed by atoms with Crippen LogP contribution < -0.4 is 14.8 Å². The highest BCUT2D eigenvalue weighted by molar-refractivity contribution is 5.94. The maximum atomic E-state index is 12.4. The second-order valence-electron chi connectivity index (χ2n) is 7.23. The van der Waals surface area contributed by atoms with E-state index in [0.29, 0.717) is 12.1 Å². The summed E-state index contributed by atoms with van der Waals surface area (Å²) in [7, 11) is 0. The number of piperidine rings is 1. The van der Waals surface area contributed by atoms with Crippen molar-refractivity contribution in [3.8, 4) is 11.5 Å². The van der Waals surface area contributed by atoms with E-state index >= 15 is 0 Å². The Bertz CT molecular complexity index is 783. The van der Waals surface area contributed by atoms with Gasteiger partial charge in [-0.25, -0.2) is 0 Å². The molecule has 1 saturated heterocycles. The SMILES string of the molecule is O=C(NCCc1ccc2c(c1)OCO2)c1ccc(CN2CCCCC2)cc1. The number of ether oxygens (including phenoxy) is 2. The summed E-state index contributed by atoms with van der Waals surface area (Å²) in [5, 5.41) is 2.99. The first-order valence-electron chi connectivity index (χ1n) is 9.76. The van der Waals surface area contributed by atoms with Crippen LogP contribution in [0.5, 0.6) is 11.5 Å². The van der Waals surface area contributed by atoms with Crippen molar-refractivity contribution in [3.05, 3.63) is 59.2 Å². The van der Waals surface area contributed by atoms with Crippen LogP contribution in [0.2, 0.25) is 0 Å². The van der Waals surface area contributed by atoms with Gasteiger partial charge < -0.3 is 14.8 Å². The number of amides is 1. The van der Waals surface area contributed by atoms with Gasteiger partial charge in [-0.05, 0) is 67.7 Å². The van der Waals surface area contributed by atoms with Crippen molar-refractivity contribution in [2.45, 2.75) is 32.2 Å². The first-order chi connectivity index (χ1) is 13.3. The number of carbonyl (C=O) groups excluding carboxylic acids is 1. The van der Waals surface area contributed by atoms with Crippen LogP contribution in [-0.4, -0.2) is 37.2 Å². The maximum Gasteiger partial charge on any atom is 0.251 e. The minimum Gasteiger partial charge on any atom is -0.454 e. The van der Waals surface area contributed by atoms with Crippen molar-refractivity contribution in [2.24, 2.45) is 0 Å². The van der Waals surface area contributed by atoms with Gasteiger partial charge in [0.25, 0.3) is 5.91 Å². The second-order valence-corrected chi connectivity index (χ2v) is 7.23. The monoisotopic (exact) mass is 366 g/mol. The third kappa shape index (κ3) is 4.61. The predicted octanol–water partition coefficient (Wildman–Crippen LogP) is 3.37. The first kappa shape index (κ1) is 17.9. The molecule has 4 rings (SSSR count). The summed E-state index contributed by atoms with van der Waals surface area (Å²) in [5.41, 5.74) is 3.10. The van der Waals surface area contributed by atoms with E-state index < -0.39 is 0 Å². The Balaban J connectivity index is 1.25. The van der Waals surface area contributed by atoms with E-state index in [1.165, 1.54) is 37.9 Å². The molecular weight excluding hydrogens is 340 g/mol. The molecule has 0 spiro atoms. The summed E-state index contributed by atoms with van der Waals surface area (Å²) < 4.78 is 10.7. The number of benzene rings is 2. The zero-order valence-electron chi connectivity index (χ0n) is 15.6. The van der Waals surface area contributed by atoms with Gasteiger partial charge in [-0.15, -0.1) is 0 Å². The van der Waals surface area contributed by atoms with Crippen molar-refractivity contribution in [1.82, 2.24) is 10.2 Å². The van der Waals surface area contributed by atoms with Gasteiger partial charge >= 0.3 is 0 Å². The van der Waals surface area contributed by atoms with E-state index in [0.717, 1.165) is 30.0 Å². The van der Waals surface area contributed by atoms with E-state index in [9.17, 15) is 4.79 Å². The van der Waals surface area contributed by atoms with Crippen LogP contribution >= 0.6 is 0 Å². The van der Waals surface area contributed by atoms with E-state index in [4.69, 9.17) is 9.47 Å². The van der Waals surface area contributed by atoms with Crippen LogP contribution in [0.15, 0.2) is 42.5 Å². The van der Waals surface area contributed by atoms with Gasteiger partial charge in [0.1, 0.15) is 0 Å². The Morgan fingerprint density at radius 3 is 2.48 bits per heavy atom. The topological polar surface area (TPSA) is 50.8 Å². The summed E-state index contributed by atoms with van der Waals surface area (Å²) >= 11 is 0. The van der Waals surface area contributed by atoms with Crippen LogP contribution in [0.25, 0.3) is 0 Å². The van der Waals surface area contributed by atoms with Crippen molar-refractivity contribution < 1.29 is 14.3 Å². The fourth-order valence-corrected chi connectivity index (χ4v) is 3.66. The van der Waals surface area contributed by atoms with Gasteiger partial charge in [-0.1, -0.05) is 24.6 Å². The largest absolute Gasteiger partial charge is 0.454 e. The molecule has 0 aliphatic carbocycles. The van der Waals surface area contributed by atoms with Crippen LogP contribution in [-0.2, 0) is 13.0 Å². The molecule has 0 aromatic heterocycles. The molecule has 0 bridgehead atoms. The van der Waals surface area contributed by atoms with Gasteiger partial charge in [0.05, 0.1) is 0 Å². The van der Waals surface area contributed by atoms with Crippen molar-refractivity contribution in [1.29, 1.82) is 0 Å². The van der Waals surface area contributed by atoms with E-state index in [1.807, 2.05) is 30.3 Å². The number of hydrogen-bond donors (Lipinski definition) is 1. The Hall–Kier alpha value is -2.53. The fourth-order valence-electron chi connectivity index (χ4n) is 3.66. The van der Waals surface area contributed by atoms with E-state index in [2.05, 4.69) is 22.3 Å². The fraction of sp³-hybridized carbons (Fsp3) is 0.409. The normalized spacial score (nSPS) is 16.3. The lowest BCUT2D eigenvalue weighted by atomic mass is 10.1. The maximum absolute atomic E-state index is 12.4. The molecule has 27 heavy (non-hydrogen) atoms. The molecule has 1 N–H and O–H groups in total. The van der Waals surface area contributed by atoms with Crippen LogP contribution in [0.1, 0.15) is 40.7 Å². The first-order valence-corrected chi connectivity index (χ1v) is 9.76. The van der Waals surface area contributed by atoms with Gasteiger partial charge in [-0.2, -0.15) is 0 Å². The van der Waals surface area contributed by atoms with Gasteiger partial charge in [-0.3, -0.25) is 9.69 Å². The summed E-state index contributed by atoms with van der Waals surface area (Å²) in [6, 6.07) is 13.9. The number of fused-ring (bicyclic) bond motifs is 1. The molecule has 0 radical (unpaired) electrons.